The third-order valence-corrected chi connectivity index (χ3v) is 1.29. The molecule has 0 aromatic heterocycles. The van der Waals surface area contributed by atoms with Crippen LogP contribution in [0.15, 0.2) is 5.16 Å². The number of hydrogen-bond donors (Lipinski definition) is 4. The highest BCUT2D eigenvalue weighted by molar-refractivity contribution is 5.81. The Hall–Kier alpha value is -0.850. The molecule has 6 nitrogen and oxygen atoms in total. The molecule has 0 heterocycles. The molecule has 0 saturated carbocycles. The van der Waals surface area contributed by atoms with Crippen molar-refractivity contribution in [3.8, 4) is 0 Å². The van der Waals surface area contributed by atoms with Crippen LogP contribution in [-0.2, 0) is 4.74 Å². The summed E-state index contributed by atoms with van der Waals surface area (Å²) in [4.78, 5) is 0. The molecule has 72 valence electrons. The van der Waals surface area contributed by atoms with Crippen LogP contribution in [0.4, 0.5) is 0 Å². The molecular weight excluding hydrogens is 162 g/mol. The van der Waals surface area contributed by atoms with Gasteiger partial charge in [0.25, 0.3) is 0 Å². The Labute approximate surface area is 71.0 Å². The Morgan fingerprint density at radius 1 is 1.75 bits per heavy atom. The Kier molecular flexibility index (Phi) is 6.35. The molecule has 0 aliphatic heterocycles. The fraction of sp³-hybridized carbons (Fsp3) is 0.833. The Bertz CT molecular complexity index is 140. The molecule has 0 bridgehead atoms. The van der Waals surface area contributed by atoms with Gasteiger partial charge in [-0.05, 0) is 0 Å². The standard InChI is InChI=1S/C6H15N3O3/c1-12-4-5(3-10)8-2-6(7)9-11/h5,8,10-11H,2-4H2,1H3,(H2,7,9). The summed E-state index contributed by atoms with van der Waals surface area (Å²) >= 11 is 0. The Morgan fingerprint density at radius 2 is 2.42 bits per heavy atom. The van der Waals surface area contributed by atoms with Gasteiger partial charge in [0.2, 0.25) is 0 Å². The molecular formula is C6H15N3O3. The molecule has 0 fully saturated rings. The number of hydrogen-bond acceptors (Lipinski definition) is 5. The van der Waals surface area contributed by atoms with Crippen LogP contribution in [0, 0.1) is 0 Å². The smallest absolute Gasteiger partial charge is 0.153 e. The summed E-state index contributed by atoms with van der Waals surface area (Å²) in [5.74, 6) is 0.0737. The van der Waals surface area contributed by atoms with Crippen molar-refractivity contribution in [1.82, 2.24) is 5.32 Å². The Balaban J connectivity index is 3.57. The summed E-state index contributed by atoms with van der Waals surface area (Å²) in [6.07, 6.45) is 0. The zero-order valence-corrected chi connectivity index (χ0v) is 7.03. The average molecular weight is 177 g/mol. The van der Waals surface area contributed by atoms with Crippen molar-refractivity contribution in [2.75, 3.05) is 26.9 Å². The largest absolute Gasteiger partial charge is 0.409 e. The molecule has 0 radical (unpaired) electrons. The molecule has 12 heavy (non-hydrogen) atoms. The number of nitrogens with two attached hydrogens (primary N) is 1. The number of amidine groups is 1. The molecule has 0 aromatic rings. The third-order valence-electron chi connectivity index (χ3n) is 1.29. The van der Waals surface area contributed by atoms with Crippen LogP contribution in [0.5, 0.6) is 0 Å². The zero-order chi connectivity index (χ0) is 9.40. The minimum atomic E-state index is -0.185. The molecule has 0 amide bonds. The van der Waals surface area contributed by atoms with Crippen molar-refractivity contribution in [3.63, 3.8) is 0 Å². The fourth-order valence-corrected chi connectivity index (χ4v) is 0.662. The number of aliphatic hydroxyl groups excluding tert-OH is 1. The van der Waals surface area contributed by atoms with Crippen molar-refractivity contribution in [3.05, 3.63) is 0 Å². The minimum Gasteiger partial charge on any atom is -0.409 e. The lowest BCUT2D eigenvalue weighted by atomic mass is 10.3. The van der Waals surface area contributed by atoms with Gasteiger partial charge in [-0.3, -0.25) is 0 Å². The van der Waals surface area contributed by atoms with Gasteiger partial charge in [0, 0.05) is 7.11 Å². The van der Waals surface area contributed by atoms with Crippen LogP contribution in [0.3, 0.4) is 0 Å². The van der Waals surface area contributed by atoms with Gasteiger partial charge in [-0.15, -0.1) is 0 Å². The quantitative estimate of drug-likeness (QED) is 0.168. The molecule has 0 saturated heterocycles. The number of ether oxygens (including phenoxy) is 1. The first-order valence-electron chi connectivity index (χ1n) is 3.54. The van der Waals surface area contributed by atoms with Gasteiger partial charge in [-0.25, -0.2) is 0 Å². The van der Waals surface area contributed by atoms with E-state index >= 15 is 0 Å². The molecule has 0 spiro atoms. The summed E-state index contributed by atoms with van der Waals surface area (Å²) < 4.78 is 4.80. The van der Waals surface area contributed by atoms with Gasteiger partial charge in [-0.2, -0.15) is 0 Å². The number of rotatable bonds is 6. The van der Waals surface area contributed by atoms with Crippen molar-refractivity contribution < 1.29 is 15.1 Å². The number of methoxy groups -OCH3 is 1. The maximum absolute atomic E-state index is 8.76. The fourth-order valence-electron chi connectivity index (χ4n) is 0.662. The van der Waals surface area contributed by atoms with Gasteiger partial charge in [0.1, 0.15) is 0 Å². The van der Waals surface area contributed by atoms with E-state index in [1.54, 1.807) is 0 Å². The number of nitrogens with one attached hydrogen (secondary N) is 1. The second-order valence-electron chi connectivity index (χ2n) is 2.31. The maximum Gasteiger partial charge on any atom is 0.153 e. The molecule has 5 N–H and O–H groups in total. The SMILES string of the molecule is COCC(CO)NCC(N)=NO. The van der Waals surface area contributed by atoms with E-state index in [1.165, 1.54) is 7.11 Å². The molecule has 0 aliphatic carbocycles. The van der Waals surface area contributed by atoms with Crippen molar-refractivity contribution in [2.45, 2.75) is 6.04 Å². The van der Waals surface area contributed by atoms with Crippen LogP contribution in [-0.4, -0.2) is 49.1 Å². The lowest BCUT2D eigenvalue weighted by Crippen LogP contribution is -2.41. The molecule has 1 atom stereocenters. The molecule has 0 aliphatic rings. The van der Waals surface area contributed by atoms with Crippen LogP contribution < -0.4 is 11.1 Å². The number of oxime groups is 1. The van der Waals surface area contributed by atoms with E-state index in [-0.39, 0.29) is 25.0 Å². The first kappa shape index (κ1) is 11.2. The monoisotopic (exact) mass is 177 g/mol. The van der Waals surface area contributed by atoms with Gasteiger partial charge in [-0.1, -0.05) is 5.16 Å². The van der Waals surface area contributed by atoms with Crippen LogP contribution in [0.2, 0.25) is 0 Å². The van der Waals surface area contributed by atoms with E-state index in [4.69, 9.17) is 20.8 Å². The first-order valence-corrected chi connectivity index (χ1v) is 3.54. The van der Waals surface area contributed by atoms with Crippen LogP contribution >= 0.6 is 0 Å². The molecule has 6 heteroatoms. The highest BCUT2D eigenvalue weighted by Gasteiger charge is 2.05. The van der Waals surface area contributed by atoms with Gasteiger partial charge >= 0.3 is 0 Å². The van der Waals surface area contributed by atoms with E-state index in [0.717, 1.165) is 0 Å². The average Bonchev–Trinajstić information content (AvgIpc) is 2.11. The third kappa shape index (κ3) is 4.89. The topological polar surface area (TPSA) is 100 Å². The molecule has 0 aromatic carbocycles. The highest BCUT2D eigenvalue weighted by Crippen LogP contribution is 1.81. The van der Waals surface area contributed by atoms with Gasteiger partial charge < -0.3 is 26.1 Å². The van der Waals surface area contributed by atoms with Crippen molar-refractivity contribution >= 4 is 5.84 Å². The minimum absolute atomic E-state index is 0.0491. The van der Waals surface area contributed by atoms with Crippen LogP contribution in [0.1, 0.15) is 0 Å². The summed E-state index contributed by atoms with van der Waals surface area (Å²) in [5.41, 5.74) is 5.19. The molecule has 1 unspecified atom stereocenters. The summed E-state index contributed by atoms with van der Waals surface area (Å²) in [6, 6.07) is -0.185. The lowest BCUT2D eigenvalue weighted by Gasteiger charge is -2.13. The second kappa shape index (κ2) is 6.84. The van der Waals surface area contributed by atoms with Crippen molar-refractivity contribution in [2.24, 2.45) is 10.9 Å². The summed E-state index contributed by atoms with van der Waals surface area (Å²) in [5, 5.41) is 22.5. The highest BCUT2D eigenvalue weighted by atomic mass is 16.5. The predicted molar refractivity (Wildman–Crippen MR) is 44.2 cm³/mol. The number of nitrogens with zero attached hydrogens (tertiary/aromatic N) is 1. The Morgan fingerprint density at radius 3 is 2.83 bits per heavy atom. The summed E-state index contributed by atoms with van der Waals surface area (Å²) in [7, 11) is 1.54. The second-order valence-corrected chi connectivity index (χ2v) is 2.31. The van der Waals surface area contributed by atoms with E-state index in [2.05, 4.69) is 10.5 Å². The van der Waals surface area contributed by atoms with Crippen molar-refractivity contribution in [1.29, 1.82) is 0 Å². The van der Waals surface area contributed by atoms with E-state index in [1.807, 2.05) is 0 Å². The zero-order valence-electron chi connectivity index (χ0n) is 7.03. The normalized spacial score (nSPS) is 14.7. The lowest BCUT2D eigenvalue weighted by molar-refractivity contribution is 0.131. The predicted octanol–water partition coefficient (Wildman–Crippen LogP) is -1.67. The van der Waals surface area contributed by atoms with Crippen LogP contribution in [0.25, 0.3) is 0 Å². The van der Waals surface area contributed by atoms with Gasteiger partial charge in [0.15, 0.2) is 5.84 Å². The number of aliphatic hydroxyl groups is 1. The van der Waals surface area contributed by atoms with E-state index in [9.17, 15) is 0 Å². The van der Waals surface area contributed by atoms with E-state index in [0.29, 0.717) is 6.61 Å². The van der Waals surface area contributed by atoms with E-state index < -0.39 is 0 Å². The summed E-state index contributed by atoms with van der Waals surface area (Å²) in [6.45, 7) is 0.562. The molecule has 0 rings (SSSR count). The first-order chi connectivity index (χ1) is 5.74. The van der Waals surface area contributed by atoms with Gasteiger partial charge in [0.05, 0.1) is 25.8 Å². The maximum atomic E-state index is 8.76.